The summed E-state index contributed by atoms with van der Waals surface area (Å²) in [7, 11) is 0. The molecule has 1 aliphatic rings. The first-order valence-corrected chi connectivity index (χ1v) is 9.84. The summed E-state index contributed by atoms with van der Waals surface area (Å²) < 4.78 is 7.76. The first-order chi connectivity index (χ1) is 13.6. The van der Waals surface area contributed by atoms with Crippen molar-refractivity contribution in [3.05, 3.63) is 59.4 Å². The van der Waals surface area contributed by atoms with Gasteiger partial charge in [-0.1, -0.05) is 23.7 Å². The predicted octanol–water partition coefficient (Wildman–Crippen LogP) is 3.12. The molecule has 1 fully saturated rings. The van der Waals surface area contributed by atoms with Crippen LogP contribution in [0.2, 0.25) is 5.02 Å². The molecular weight excluding hydrogens is 376 g/mol. The number of hydrogen-bond acceptors (Lipinski definition) is 4. The molecule has 1 heterocycles. The molecule has 3 N–H and O–H groups in total. The maximum Gasteiger partial charge on any atom is 0.240 e. The highest BCUT2D eigenvalue weighted by molar-refractivity contribution is 6.30. The van der Waals surface area contributed by atoms with Crippen LogP contribution in [0.4, 0.5) is 0 Å². The number of aromatic nitrogens is 2. The Morgan fingerprint density at radius 2 is 2.00 bits per heavy atom. The minimum Gasteiger partial charge on any atom is -0.486 e. The Morgan fingerprint density at radius 3 is 2.71 bits per heavy atom. The lowest BCUT2D eigenvalue weighted by Gasteiger charge is -2.17. The fraction of sp³-hybridized carbons (Fsp3) is 0.333. The molecule has 146 valence electrons. The van der Waals surface area contributed by atoms with Crippen LogP contribution in [0.3, 0.4) is 0 Å². The van der Waals surface area contributed by atoms with E-state index in [1.54, 1.807) is 12.1 Å². The van der Waals surface area contributed by atoms with Gasteiger partial charge in [0.2, 0.25) is 5.91 Å². The Labute approximate surface area is 168 Å². The molecule has 1 unspecified atom stereocenters. The number of rotatable bonds is 8. The number of imidazole rings is 1. The van der Waals surface area contributed by atoms with Gasteiger partial charge in [0.25, 0.3) is 0 Å². The molecule has 0 saturated heterocycles. The molecule has 0 bridgehead atoms. The van der Waals surface area contributed by atoms with Crippen molar-refractivity contribution in [2.75, 3.05) is 6.54 Å². The Bertz CT molecular complexity index is 966. The zero-order valence-corrected chi connectivity index (χ0v) is 16.2. The summed E-state index contributed by atoms with van der Waals surface area (Å²) in [5, 5.41) is 3.72. The van der Waals surface area contributed by atoms with Crippen LogP contribution < -0.4 is 15.8 Å². The average Bonchev–Trinajstić information content (AvgIpc) is 3.49. The Hall–Kier alpha value is -2.57. The highest BCUT2D eigenvalue weighted by atomic mass is 35.5. The van der Waals surface area contributed by atoms with E-state index in [1.165, 1.54) is 0 Å². The highest BCUT2D eigenvalue weighted by Gasteiger charge is 2.31. The van der Waals surface area contributed by atoms with E-state index in [0.717, 1.165) is 23.9 Å². The summed E-state index contributed by atoms with van der Waals surface area (Å²) in [4.78, 5) is 17.3. The molecule has 0 aliphatic heterocycles. The Morgan fingerprint density at radius 1 is 1.25 bits per heavy atom. The van der Waals surface area contributed by atoms with Crippen molar-refractivity contribution in [3.63, 3.8) is 0 Å². The number of ether oxygens (including phenoxy) is 1. The van der Waals surface area contributed by atoms with Crippen LogP contribution >= 0.6 is 11.6 Å². The maximum absolute atomic E-state index is 12.6. The largest absolute Gasteiger partial charge is 0.486 e. The molecule has 1 aromatic heterocycles. The van der Waals surface area contributed by atoms with E-state index >= 15 is 0 Å². The summed E-state index contributed by atoms with van der Waals surface area (Å²) in [6.07, 6.45) is 2.27. The molecule has 1 saturated carbocycles. The normalized spacial score (nSPS) is 14.8. The van der Waals surface area contributed by atoms with Crippen molar-refractivity contribution in [2.24, 2.45) is 11.7 Å². The van der Waals surface area contributed by atoms with Crippen molar-refractivity contribution in [1.29, 1.82) is 0 Å². The second kappa shape index (κ2) is 8.20. The van der Waals surface area contributed by atoms with E-state index in [0.29, 0.717) is 29.1 Å². The number of carbonyl (C=O) groups excluding carboxylic acids is 1. The third-order valence-electron chi connectivity index (χ3n) is 5.01. The maximum atomic E-state index is 12.6. The molecular formula is C21H23ClN4O2. The fourth-order valence-corrected chi connectivity index (χ4v) is 3.48. The molecule has 28 heavy (non-hydrogen) atoms. The van der Waals surface area contributed by atoms with E-state index in [4.69, 9.17) is 22.1 Å². The van der Waals surface area contributed by atoms with Gasteiger partial charge in [-0.05, 0) is 55.2 Å². The average molecular weight is 399 g/mol. The molecule has 4 rings (SSSR count). The number of carbonyl (C=O) groups is 1. The second-order valence-electron chi connectivity index (χ2n) is 7.09. The number of benzene rings is 2. The number of nitrogens with two attached hydrogens (primary N) is 1. The summed E-state index contributed by atoms with van der Waals surface area (Å²) in [5.41, 5.74) is 7.56. The van der Waals surface area contributed by atoms with Crippen molar-refractivity contribution in [2.45, 2.75) is 32.0 Å². The Balaban J connectivity index is 1.52. The van der Waals surface area contributed by atoms with Gasteiger partial charge >= 0.3 is 0 Å². The van der Waals surface area contributed by atoms with Crippen LogP contribution in [0.15, 0.2) is 48.5 Å². The SMILES string of the molecule is NCC(NC(=O)Cn1c(COc2ccc(Cl)cc2)nc2ccccc21)C1CC1. The quantitative estimate of drug-likeness (QED) is 0.610. The first kappa shape index (κ1) is 18.8. The van der Waals surface area contributed by atoms with Crippen molar-refractivity contribution < 1.29 is 9.53 Å². The van der Waals surface area contributed by atoms with Crippen LogP contribution in [-0.4, -0.2) is 28.0 Å². The van der Waals surface area contributed by atoms with Crippen molar-refractivity contribution in [3.8, 4) is 5.75 Å². The van der Waals surface area contributed by atoms with E-state index in [-0.39, 0.29) is 25.1 Å². The van der Waals surface area contributed by atoms with Crippen LogP contribution in [0.5, 0.6) is 5.75 Å². The van der Waals surface area contributed by atoms with Gasteiger partial charge in [0.1, 0.15) is 24.7 Å². The number of para-hydroxylation sites is 2. The van der Waals surface area contributed by atoms with Crippen LogP contribution in [-0.2, 0) is 17.9 Å². The first-order valence-electron chi connectivity index (χ1n) is 9.46. The van der Waals surface area contributed by atoms with E-state index < -0.39 is 0 Å². The molecule has 1 amide bonds. The van der Waals surface area contributed by atoms with Crippen LogP contribution in [0.25, 0.3) is 11.0 Å². The van der Waals surface area contributed by atoms with E-state index in [2.05, 4.69) is 10.3 Å². The van der Waals surface area contributed by atoms with Crippen molar-refractivity contribution in [1.82, 2.24) is 14.9 Å². The lowest BCUT2D eigenvalue weighted by Crippen LogP contribution is -2.43. The van der Waals surface area contributed by atoms with E-state index in [9.17, 15) is 4.79 Å². The smallest absolute Gasteiger partial charge is 0.240 e. The van der Waals surface area contributed by atoms with Gasteiger partial charge in [-0.15, -0.1) is 0 Å². The van der Waals surface area contributed by atoms with Crippen LogP contribution in [0, 0.1) is 5.92 Å². The lowest BCUT2D eigenvalue weighted by atomic mass is 10.2. The van der Waals surface area contributed by atoms with Gasteiger partial charge in [0, 0.05) is 17.6 Å². The Kier molecular flexibility index (Phi) is 5.50. The van der Waals surface area contributed by atoms with Gasteiger partial charge in [-0.25, -0.2) is 4.98 Å². The lowest BCUT2D eigenvalue weighted by molar-refractivity contribution is -0.122. The monoisotopic (exact) mass is 398 g/mol. The summed E-state index contributed by atoms with van der Waals surface area (Å²) in [5.74, 6) is 1.85. The number of nitrogens with zero attached hydrogens (tertiary/aromatic N) is 2. The standard InChI is InChI=1S/C21H23ClN4O2/c22-15-7-9-16(10-8-15)28-13-20-24-17-3-1-2-4-19(17)26(20)12-21(27)25-18(11-23)14-5-6-14/h1-4,7-10,14,18H,5-6,11-13,23H2,(H,25,27). The van der Waals surface area contributed by atoms with Gasteiger partial charge < -0.3 is 20.4 Å². The zero-order valence-electron chi connectivity index (χ0n) is 15.5. The third kappa shape index (κ3) is 4.29. The fourth-order valence-electron chi connectivity index (χ4n) is 3.35. The number of halogens is 1. The van der Waals surface area contributed by atoms with Crippen LogP contribution in [0.1, 0.15) is 18.7 Å². The predicted molar refractivity (Wildman–Crippen MR) is 109 cm³/mol. The minimum atomic E-state index is -0.0572. The van der Waals surface area contributed by atoms with Gasteiger partial charge in [-0.3, -0.25) is 4.79 Å². The number of amides is 1. The third-order valence-corrected chi connectivity index (χ3v) is 5.26. The second-order valence-corrected chi connectivity index (χ2v) is 7.53. The number of fused-ring (bicyclic) bond motifs is 1. The number of nitrogens with one attached hydrogen (secondary N) is 1. The summed E-state index contributed by atoms with van der Waals surface area (Å²) in [6, 6.07) is 15.0. The summed E-state index contributed by atoms with van der Waals surface area (Å²) in [6.45, 7) is 0.906. The number of hydrogen-bond donors (Lipinski definition) is 2. The molecule has 0 spiro atoms. The molecule has 1 atom stereocenters. The molecule has 1 aliphatic carbocycles. The topological polar surface area (TPSA) is 82.2 Å². The van der Waals surface area contributed by atoms with Gasteiger partial charge in [0.05, 0.1) is 11.0 Å². The van der Waals surface area contributed by atoms with Gasteiger partial charge in [0.15, 0.2) is 0 Å². The summed E-state index contributed by atoms with van der Waals surface area (Å²) >= 11 is 5.92. The highest BCUT2D eigenvalue weighted by Crippen LogP contribution is 2.32. The minimum absolute atomic E-state index is 0.0519. The molecule has 7 heteroatoms. The zero-order chi connectivity index (χ0) is 19.5. The molecule has 0 radical (unpaired) electrons. The molecule has 3 aromatic rings. The van der Waals surface area contributed by atoms with E-state index in [1.807, 2.05) is 41.0 Å². The van der Waals surface area contributed by atoms with Gasteiger partial charge in [-0.2, -0.15) is 0 Å². The molecule has 6 nitrogen and oxygen atoms in total. The molecule has 2 aromatic carbocycles. The van der Waals surface area contributed by atoms with Crippen molar-refractivity contribution >= 4 is 28.5 Å².